The van der Waals surface area contributed by atoms with E-state index in [1.165, 1.54) is 30.0 Å². The first-order valence-corrected chi connectivity index (χ1v) is 12.0. The van der Waals surface area contributed by atoms with E-state index in [-0.39, 0.29) is 18.2 Å². The van der Waals surface area contributed by atoms with Crippen LogP contribution in [0, 0.1) is 17.8 Å². The molecule has 2 saturated carbocycles. The molecule has 1 N–H and O–H groups in total. The minimum Gasteiger partial charge on any atom is -0.355 e. The highest BCUT2D eigenvalue weighted by molar-refractivity contribution is 7.89. The fourth-order valence-corrected chi connectivity index (χ4v) is 5.58. The number of anilines is 1. The summed E-state index contributed by atoms with van der Waals surface area (Å²) >= 11 is 0. The normalized spacial score (nSPS) is 21.1. The fraction of sp³-hybridized carbons (Fsp3) is 0.700. The first-order chi connectivity index (χ1) is 13.5. The molecule has 2 heterocycles. The molecule has 0 aromatic carbocycles. The van der Waals surface area contributed by atoms with Gasteiger partial charge in [0, 0.05) is 45.3 Å². The number of amides is 1. The van der Waals surface area contributed by atoms with Gasteiger partial charge in [0.1, 0.15) is 5.82 Å². The van der Waals surface area contributed by atoms with Gasteiger partial charge in [0.2, 0.25) is 15.9 Å². The van der Waals surface area contributed by atoms with Gasteiger partial charge in [-0.3, -0.25) is 4.79 Å². The number of pyridine rings is 1. The number of sulfonamides is 1. The molecule has 4 rings (SSSR count). The van der Waals surface area contributed by atoms with Crippen LogP contribution in [-0.2, 0) is 14.8 Å². The van der Waals surface area contributed by atoms with E-state index < -0.39 is 10.0 Å². The second kappa shape index (κ2) is 8.37. The molecule has 3 fully saturated rings. The highest BCUT2D eigenvalue weighted by Gasteiger charge is 2.42. The van der Waals surface area contributed by atoms with Crippen molar-refractivity contribution < 1.29 is 13.2 Å². The van der Waals surface area contributed by atoms with E-state index in [9.17, 15) is 13.2 Å². The predicted molar refractivity (Wildman–Crippen MR) is 108 cm³/mol. The van der Waals surface area contributed by atoms with Crippen LogP contribution in [-0.4, -0.2) is 62.1 Å². The van der Waals surface area contributed by atoms with Gasteiger partial charge in [-0.15, -0.1) is 0 Å². The number of nitrogens with one attached hydrogen (secondary N) is 1. The Bertz CT molecular complexity index is 758. The molecule has 0 spiro atoms. The van der Waals surface area contributed by atoms with Gasteiger partial charge in [-0.1, -0.05) is 6.07 Å². The van der Waals surface area contributed by atoms with Crippen LogP contribution in [0.5, 0.6) is 0 Å². The lowest BCUT2D eigenvalue weighted by molar-refractivity contribution is -0.122. The predicted octanol–water partition coefficient (Wildman–Crippen LogP) is 1.48. The monoisotopic (exact) mass is 406 g/mol. The first-order valence-electron chi connectivity index (χ1n) is 10.4. The Labute approximate surface area is 167 Å². The third-order valence-corrected chi connectivity index (χ3v) is 8.04. The van der Waals surface area contributed by atoms with Crippen molar-refractivity contribution in [2.24, 2.45) is 17.8 Å². The summed E-state index contributed by atoms with van der Waals surface area (Å²) in [6.45, 7) is 2.38. The lowest BCUT2D eigenvalue weighted by Crippen LogP contribution is -2.50. The summed E-state index contributed by atoms with van der Waals surface area (Å²) in [6.07, 6.45) is 7.34. The van der Waals surface area contributed by atoms with Crippen molar-refractivity contribution in [2.75, 3.05) is 43.4 Å². The number of carbonyl (C=O) groups excluding carboxylic acids is 1. The van der Waals surface area contributed by atoms with Gasteiger partial charge in [0.25, 0.3) is 0 Å². The molecule has 1 aromatic heterocycles. The summed E-state index contributed by atoms with van der Waals surface area (Å²) in [5.74, 6) is 2.86. The maximum atomic E-state index is 12.6. The average Bonchev–Trinajstić information content (AvgIpc) is 3.61. The van der Waals surface area contributed by atoms with Gasteiger partial charge in [0.05, 0.1) is 5.75 Å². The molecule has 2 aliphatic carbocycles. The van der Waals surface area contributed by atoms with Crippen LogP contribution >= 0.6 is 0 Å². The molecule has 0 atom stereocenters. The second-order valence-corrected chi connectivity index (χ2v) is 10.4. The molecular weight excluding hydrogens is 376 g/mol. The van der Waals surface area contributed by atoms with Gasteiger partial charge in [-0.25, -0.2) is 13.4 Å². The number of hydrogen-bond donors (Lipinski definition) is 1. The standard InChI is InChI=1S/C20H30N4O3S/c25-20(15-18(16-4-5-16)17-6-7-17)22-9-14-28(26,27)24-12-10-23(11-13-24)19-3-1-2-8-21-19/h1-3,8,16-18H,4-7,9-15H2,(H,22,25). The van der Waals surface area contributed by atoms with E-state index in [1.807, 2.05) is 18.2 Å². The maximum absolute atomic E-state index is 12.6. The second-order valence-electron chi connectivity index (χ2n) is 8.28. The molecule has 1 aliphatic heterocycles. The average molecular weight is 407 g/mol. The third kappa shape index (κ3) is 5.03. The molecule has 0 bridgehead atoms. The molecule has 154 valence electrons. The quantitative estimate of drug-likeness (QED) is 0.672. The number of rotatable bonds is 9. The minimum absolute atomic E-state index is 0.0129. The van der Waals surface area contributed by atoms with Crippen LogP contribution in [0.2, 0.25) is 0 Å². The zero-order valence-corrected chi connectivity index (χ0v) is 17.1. The Kier molecular flexibility index (Phi) is 5.87. The van der Waals surface area contributed by atoms with Gasteiger partial charge in [-0.2, -0.15) is 4.31 Å². The molecule has 1 aromatic rings. The summed E-state index contributed by atoms with van der Waals surface area (Å²) in [6, 6.07) is 5.75. The largest absolute Gasteiger partial charge is 0.355 e. The van der Waals surface area contributed by atoms with Crippen LogP contribution in [0.25, 0.3) is 0 Å². The molecule has 1 amide bonds. The van der Waals surface area contributed by atoms with Crippen molar-refractivity contribution in [3.8, 4) is 0 Å². The van der Waals surface area contributed by atoms with E-state index in [1.54, 1.807) is 6.20 Å². The van der Waals surface area contributed by atoms with Crippen LogP contribution in [0.4, 0.5) is 5.82 Å². The Morgan fingerprint density at radius 3 is 2.36 bits per heavy atom. The van der Waals surface area contributed by atoms with E-state index >= 15 is 0 Å². The molecule has 8 heteroatoms. The number of aromatic nitrogens is 1. The number of piperazine rings is 1. The van der Waals surface area contributed by atoms with Crippen molar-refractivity contribution in [3.63, 3.8) is 0 Å². The van der Waals surface area contributed by atoms with Crippen molar-refractivity contribution >= 4 is 21.7 Å². The van der Waals surface area contributed by atoms with Crippen molar-refractivity contribution in [3.05, 3.63) is 24.4 Å². The van der Waals surface area contributed by atoms with E-state index in [4.69, 9.17) is 0 Å². The van der Waals surface area contributed by atoms with Crippen molar-refractivity contribution in [1.29, 1.82) is 0 Å². The third-order valence-electron chi connectivity index (χ3n) is 6.16. The summed E-state index contributed by atoms with van der Waals surface area (Å²) in [5.41, 5.74) is 0. The maximum Gasteiger partial charge on any atom is 0.220 e. The Hall–Kier alpha value is -1.67. The van der Waals surface area contributed by atoms with E-state index in [2.05, 4.69) is 15.2 Å². The lowest BCUT2D eigenvalue weighted by Gasteiger charge is -2.34. The van der Waals surface area contributed by atoms with Gasteiger partial charge >= 0.3 is 0 Å². The Balaban J connectivity index is 1.19. The summed E-state index contributed by atoms with van der Waals surface area (Å²) in [5, 5.41) is 2.84. The highest BCUT2D eigenvalue weighted by atomic mass is 32.2. The lowest BCUT2D eigenvalue weighted by atomic mass is 9.94. The van der Waals surface area contributed by atoms with E-state index in [0.29, 0.717) is 38.5 Å². The van der Waals surface area contributed by atoms with Crippen LogP contribution in [0.15, 0.2) is 24.4 Å². The molecule has 0 unspecified atom stereocenters. The number of carbonyl (C=O) groups is 1. The molecule has 1 saturated heterocycles. The molecule has 3 aliphatic rings. The summed E-state index contributed by atoms with van der Waals surface area (Å²) in [7, 11) is -3.35. The fourth-order valence-electron chi connectivity index (χ4n) is 4.24. The summed E-state index contributed by atoms with van der Waals surface area (Å²) < 4.78 is 26.8. The van der Waals surface area contributed by atoms with Crippen LogP contribution in [0.3, 0.4) is 0 Å². The SMILES string of the molecule is O=C(CC(C1CC1)C1CC1)NCCS(=O)(=O)N1CCN(c2ccccn2)CC1. The molecule has 0 radical (unpaired) electrons. The Morgan fingerprint density at radius 1 is 1.11 bits per heavy atom. The molecular formula is C20H30N4O3S. The number of hydrogen-bond acceptors (Lipinski definition) is 5. The molecule has 28 heavy (non-hydrogen) atoms. The van der Waals surface area contributed by atoms with Gasteiger partial charge in [-0.05, 0) is 55.6 Å². The smallest absolute Gasteiger partial charge is 0.220 e. The Morgan fingerprint density at radius 2 is 1.79 bits per heavy atom. The van der Waals surface area contributed by atoms with Crippen molar-refractivity contribution in [2.45, 2.75) is 32.1 Å². The topological polar surface area (TPSA) is 82.6 Å². The first kappa shape index (κ1) is 19.6. The van der Waals surface area contributed by atoms with Crippen LogP contribution < -0.4 is 10.2 Å². The zero-order chi connectivity index (χ0) is 19.6. The zero-order valence-electron chi connectivity index (χ0n) is 16.3. The van der Waals surface area contributed by atoms with Crippen LogP contribution in [0.1, 0.15) is 32.1 Å². The van der Waals surface area contributed by atoms with Gasteiger partial charge in [0.15, 0.2) is 0 Å². The highest BCUT2D eigenvalue weighted by Crippen LogP contribution is 2.50. The van der Waals surface area contributed by atoms with Gasteiger partial charge < -0.3 is 10.2 Å². The van der Waals surface area contributed by atoms with E-state index in [0.717, 1.165) is 17.7 Å². The molecule has 7 nitrogen and oxygen atoms in total. The van der Waals surface area contributed by atoms with Crippen molar-refractivity contribution in [1.82, 2.24) is 14.6 Å². The number of nitrogens with zero attached hydrogens (tertiary/aromatic N) is 3. The minimum atomic E-state index is -3.35. The summed E-state index contributed by atoms with van der Waals surface area (Å²) in [4.78, 5) is 18.7.